The van der Waals surface area contributed by atoms with Crippen molar-refractivity contribution in [1.82, 2.24) is 4.72 Å². The minimum atomic E-state index is -3.87. The summed E-state index contributed by atoms with van der Waals surface area (Å²) < 4.78 is 26.8. The van der Waals surface area contributed by atoms with Gasteiger partial charge >= 0.3 is 0 Å². The first-order chi connectivity index (χ1) is 11.8. The Labute approximate surface area is 149 Å². The first-order valence-corrected chi connectivity index (χ1v) is 9.17. The lowest BCUT2D eigenvalue weighted by atomic mass is 10.2. The van der Waals surface area contributed by atoms with Gasteiger partial charge in [-0.05, 0) is 42.0 Å². The van der Waals surface area contributed by atoms with Gasteiger partial charge < -0.3 is 10.6 Å². The molecule has 0 spiro atoms. The van der Waals surface area contributed by atoms with E-state index in [1.165, 1.54) is 18.2 Å². The summed E-state index contributed by atoms with van der Waals surface area (Å²) >= 11 is 5.82. The van der Waals surface area contributed by atoms with Gasteiger partial charge in [-0.1, -0.05) is 17.7 Å². The van der Waals surface area contributed by atoms with E-state index in [9.17, 15) is 18.0 Å². The predicted molar refractivity (Wildman–Crippen MR) is 94.0 cm³/mol. The van der Waals surface area contributed by atoms with Gasteiger partial charge in [0.25, 0.3) is 0 Å². The number of nitrogens with one attached hydrogen (secondary N) is 3. The van der Waals surface area contributed by atoms with E-state index in [1.54, 1.807) is 24.3 Å². The topological polar surface area (TPSA) is 104 Å². The Morgan fingerprint density at radius 2 is 2.00 bits per heavy atom. The van der Waals surface area contributed by atoms with Crippen molar-refractivity contribution in [3.8, 4) is 0 Å². The first-order valence-electron chi connectivity index (χ1n) is 7.31. The molecule has 1 aliphatic rings. The van der Waals surface area contributed by atoms with Gasteiger partial charge in [0.05, 0.1) is 17.9 Å². The predicted octanol–water partition coefficient (Wildman–Crippen LogP) is 1.75. The Morgan fingerprint density at radius 3 is 2.76 bits per heavy atom. The molecule has 1 aliphatic heterocycles. The van der Waals surface area contributed by atoms with Crippen LogP contribution in [0.15, 0.2) is 47.4 Å². The van der Waals surface area contributed by atoms with Gasteiger partial charge in [-0.3, -0.25) is 9.59 Å². The molecule has 130 valence electrons. The SMILES string of the molecule is O=C(CNS(=O)(=O)c1ccc2c(c1)CC(=O)N2)Nc1cccc(Cl)c1. The Kier molecular flexibility index (Phi) is 4.76. The zero-order chi connectivity index (χ0) is 18.0. The Morgan fingerprint density at radius 1 is 1.20 bits per heavy atom. The zero-order valence-corrected chi connectivity index (χ0v) is 14.4. The highest BCUT2D eigenvalue weighted by molar-refractivity contribution is 7.89. The maximum absolute atomic E-state index is 12.3. The number of benzene rings is 2. The molecule has 3 N–H and O–H groups in total. The lowest BCUT2D eigenvalue weighted by Crippen LogP contribution is -2.32. The number of sulfonamides is 1. The van der Waals surface area contributed by atoms with Crippen LogP contribution >= 0.6 is 11.6 Å². The van der Waals surface area contributed by atoms with Crippen LogP contribution < -0.4 is 15.4 Å². The molecule has 0 aromatic heterocycles. The zero-order valence-electron chi connectivity index (χ0n) is 12.9. The fourth-order valence-electron chi connectivity index (χ4n) is 2.39. The van der Waals surface area contributed by atoms with Crippen molar-refractivity contribution in [2.45, 2.75) is 11.3 Å². The second-order valence-electron chi connectivity index (χ2n) is 5.43. The van der Waals surface area contributed by atoms with E-state index >= 15 is 0 Å². The van der Waals surface area contributed by atoms with Crippen molar-refractivity contribution in [2.24, 2.45) is 0 Å². The Bertz CT molecular complexity index is 960. The summed E-state index contributed by atoms with van der Waals surface area (Å²) in [6.07, 6.45) is 0.133. The van der Waals surface area contributed by atoms with Crippen LogP contribution in [0.1, 0.15) is 5.56 Å². The van der Waals surface area contributed by atoms with E-state index in [1.807, 2.05) is 0 Å². The minimum absolute atomic E-state index is 0.00157. The minimum Gasteiger partial charge on any atom is -0.326 e. The van der Waals surface area contributed by atoms with Gasteiger partial charge in [0.15, 0.2) is 0 Å². The molecule has 0 saturated carbocycles. The fraction of sp³-hybridized carbons (Fsp3) is 0.125. The molecule has 0 bridgehead atoms. The molecule has 2 aromatic rings. The molecule has 1 heterocycles. The van der Waals surface area contributed by atoms with E-state index in [0.717, 1.165) is 0 Å². The molecule has 25 heavy (non-hydrogen) atoms. The highest BCUT2D eigenvalue weighted by Gasteiger charge is 2.22. The van der Waals surface area contributed by atoms with E-state index in [-0.39, 0.29) is 17.2 Å². The van der Waals surface area contributed by atoms with Crippen LogP contribution in [0.25, 0.3) is 0 Å². The highest BCUT2D eigenvalue weighted by atomic mass is 35.5. The fourth-order valence-corrected chi connectivity index (χ4v) is 3.61. The molecule has 2 amide bonds. The van der Waals surface area contributed by atoms with Crippen molar-refractivity contribution < 1.29 is 18.0 Å². The van der Waals surface area contributed by atoms with E-state index in [4.69, 9.17) is 11.6 Å². The third kappa shape index (κ3) is 4.16. The Balaban J connectivity index is 1.65. The summed E-state index contributed by atoms with van der Waals surface area (Å²) in [5, 5.41) is 5.64. The van der Waals surface area contributed by atoms with Gasteiger partial charge in [-0.25, -0.2) is 13.1 Å². The molecule has 0 aliphatic carbocycles. The number of hydrogen-bond donors (Lipinski definition) is 3. The largest absolute Gasteiger partial charge is 0.326 e. The second kappa shape index (κ2) is 6.83. The van der Waals surface area contributed by atoms with Crippen LogP contribution in [0.2, 0.25) is 5.02 Å². The van der Waals surface area contributed by atoms with Crippen molar-refractivity contribution in [1.29, 1.82) is 0 Å². The van der Waals surface area contributed by atoms with E-state index in [0.29, 0.717) is 22.0 Å². The molecule has 9 heteroatoms. The second-order valence-corrected chi connectivity index (χ2v) is 7.63. The van der Waals surface area contributed by atoms with Crippen molar-refractivity contribution >= 4 is 44.8 Å². The number of hydrogen-bond acceptors (Lipinski definition) is 4. The third-order valence-electron chi connectivity index (χ3n) is 3.54. The van der Waals surface area contributed by atoms with E-state index in [2.05, 4.69) is 15.4 Å². The van der Waals surface area contributed by atoms with E-state index < -0.39 is 22.5 Å². The smallest absolute Gasteiger partial charge is 0.241 e. The molecular formula is C16H14ClN3O4S. The molecule has 0 saturated heterocycles. The lowest BCUT2D eigenvalue weighted by molar-refractivity contribution is -0.115. The van der Waals surface area contributed by atoms with Gasteiger partial charge in [0, 0.05) is 16.4 Å². The van der Waals surface area contributed by atoms with Gasteiger partial charge in [0.2, 0.25) is 21.8 Å². The molecule has 0 atom stereocenters. The van der Waals surface area contributed by atoms with Crippen LogP contribution in [0.3, 0.4) is 0 Å². The van der Waals surface area contributed by atoms with Crippen molar-refractivity contribution in [3.63, 3.8) is 0 Å². The van der Waals surface area contributed by atoms with Crippen LogP contribution in [0.5, 0.6) is 0 Å². The molecule has 3 rings (SSSR count). The molecule has 7 nitrogen and oxygen atoms in total. The Hall–Kier alpha value is -2.42. The maximum atomic E-state index is 12.3. The highest BCUT2D eigenvalue weighted by Crippen LogP contribution is 2.25. The molecule has 0 unspecified atom stereocenters. The average molecular weight is 380 g/mol. The van der Waals surface area contributed by atoms with Gasteiger partial charge in [0.1, 0.15) is 0 Å². The quantitative estimate of drug-likeness (QED) is 0.736. The normalized spacial score (nSPS) is 13.2. The summed E-state index contributed by atoms with van der Waals surface area (Å²) in [5.41, 5.74) is 1.68. The van der Waals surface area contributed by atoms with Crippen molar-refractivity contribution in [2.75, 3.05) is 17.2 Å². The average Bonchev–Trinajstić information content (AvgIpc) is 2.92. The summed E-state index contributed by atoms with van der Waals surface area (Å²) in [6, 6.07) is 10.9. The van der Waals surface area contributed by atoms with Gasteiger partial charge in [-0.15, -0.1) is 0 Å². The standard InChI is InChI=1S/C16H14ClN3O4S/c17-11-2-1-3-12(8-11)19-16(22)9-18-25(23,24)13-4-5-14-10(6-13)7-15(21)20-14/h1-6,8,18H,7,9H2,(H,19,22)(H,20,21). The summed E-state index contributed by atoms with van der Waals surface area (Å²) in [4.78, 5) is 23.2. The lowest BCUT2D eigenvalue weighted by Gasteiger charge is -2.09. The molecular weight excluding hydrogens is 366 g/mol. The molecule has 2 aromatic carbocycles. The summed E-state index contributed by atoms with van der Waals surface area (Å²) in [5.74, 6) is -0.706. The molecule has 0 radical (unpaired) electrons. The summed E-state index contributed by atoms with van der Waals surface area (Å²) in [7, 11) is -3.87. The number of rotatable bonds is 5. The number of carbonyl (C=O) groups is 2. The maximum Gasteiger partial charge on any atom is 0.241 e. The monoisotopic (exact) mass is 379 g/mol. The molecule has 0 fully saturated rings. The third-order valence-corrected chi connectivity index (χ3v) is 5.18. The number of halogens is 1. The van der Waals surface area contributed by atoms with Crippen molar-refractivity contribution in [3.05, 3.63) is 53.1 Å². The van der Waals surface area contributed by atoms with Crippen LogP contribution in [0.4, 0.5) is 11.4 Å². The number of amides is 2. The van der Waals surface area contributed by atoms with Gasteiger partial charge in [-0.2, -0.15) is 0 Å². The first kappa shape index (κ1) is 17.4. The van der Waals surface area contributed by atoms with Crippen LogP contribution in [-0.2, 0) is 26.0 Å². The summed E-state index contributed by atoms with van der Waals surface area (Å²) in [6.45, 7) is -0.427. The number of fused-ring (bicyclic) bond motifs is 1. The number of anilines is 2. The van der Waals surface area contributed by atoms with Crippen LogP contribution in [-0.4, -0.2) is 26.8 Å². The van der Waals surface area contributed by atoms with Crippen LogP contribution in [0, 0.1) is 0 Å². The number of carbonyl (C=O) groups excluding carboxylic acids is 2.